The summed E-state index contributed by atoms with van der Waals surface area (Å²) in [6.07, 6.45) is 0. The van der Waals surface area contributed by atoms with Gasteiger partial charge in [0.2, 0.25) is 0 Å². The van der Waals surface area contributed by atoms with Crippen molar-refractivity contribution < 1.29 is 5.11 Å². The van der Waals surface area contributed by atoms with E-state index in [-0.39, 0.29) is 6.61 Å². The second kappa shape index (κ2) is 3.68. The fraction of sp³-hybridized carbons (Fsp3) is 0.857. The van der Waals surface area contributed by atoms with Crippen LogP contribution in [0, 0.1) is 5.92 Å². The first-order valence-corrected chi connectivity index (χ1v) is 3.67. The average Bonchev–Trinajstić information content (AvgIpc) is 1.79. The molecular weight excluding hydrogens is 128 g/mol. The number of nitrogens with zero attached hydrogens (tertiary/aromatic N) is 1. The van der Waals surface area contributed by atoms with Gasteiger partial charge in [0.25, 0.3) is 0 Å². The molecule has 3 heteroatoms. The van der Waals surface area contributed by atoms with Crippen LogP contribution in [0.3, 0.4) is 0 Å². The van der Waals surface area contributed by atoms with E-state index in [1.165, 1.54) is 5.71 Å². The van der Waals surface area contributed by atoms with Crippen LogP contribution in [0.25, 0.3) is 0 Å². The van der Waals surface area contributed by atoms with E-state index in [1.54, 1.807) is 0 Å². The minimum atomic E-state index is 0.164. The zero-order valence-corrected chi connectivity index (χ0v) is 6.30. The third-order valence-corrected chi connectivity index (χ3v) is 1.83. The van der Waals surface area contributed by atoms with Crippen LogP contribution in [0.5, 0.6) is 0 Å². The third kappa shape index (κ3) is 1.78. The number of nitrogens with one attached hydrogen (secondary N) is 1. The van der Waals surface area contributed by atoms with Crippen molar-refractivity contribution in [2.75, 3.05) is 26.2 Å². The molecule has 0 amide bonds. The molecule has 0 aromatic heterocycles. The highest BCUT2D eigenvalue weighted by Gasteiger charge is 2.18. The lowest BCUT2D eigenvalue weighted by Gasteiger charge is -2.26. The zero-order valence-electron chi connectivity index (χ0n) is 6.30. The Hall–Kier alpha value is -0.410. The van der Waals surface area contributed by atoms with E-state index in [0.717, 1.165) is 13.1 Å². The number of hydrogen-bond donors (Lipinski definition) is 2. The molecule has 0 radical (unpaired) electrons. The topological polar surface area (TPSA) is 44.6 Å². The Bertz CT molecular complexity index is 130. The molecule has 1 aliphatic heterocycles. The van der Waals surface area contributed by atoms with E-state index in [1.807, 2.05) is 6.92 Å². The van der Waals surface area contributed by atoms with Gasteiger partial charge < -0.3 is 10.4 Å². The second-order valence-corrected chi connectivity index (χ2v) is 2.60. The van der Waals surface area contributed by atoms with E-state index >= 15 is 0 Å². The molecule has 0 bridgehead atoms. The summed E-state index contributed by atoms with van der Waals surface area (Å²) in [6, 6.07) is 0. The van der Waals surface area contributed by atoms with Crippen LogP contribution in [0.2, 0.25) is 0 Å². The van der Waals surface area contributed by atoms with Gasteiger partial charge in [-0.15, -0.1) is 0 Å². The monoisotopic (exact) mass is 142 g/mol. The maximum Gasteiger partial charge on any atom is 0.0626 e. The SMILES string of the molecule is CC(=NCCO)C1CNC1. The van der Waals surface area contributed by atoms with Crippen LogP contribution in [-0.4, -0.2) is 37.1 Å². The van der Waals surface area contributed by atoms with Crippen LogP contribution in [0.4, 0.5) is 0 Å². The van der Waals surface area contributed by atoms with Crippen molar-refractivity contribution in [3.05, 3.63) is 0 Å². The lowest BCUT2D eigenvalue weighted by Crippen LogP contribution is -2.45. The van der Waals surface area contributed by atoms with Gasteiger partial charge in [0.05, 0.1) is 13.2 Å². The molecule has 1 fully saturated rings. The molecule has 0 aromatic rings. The van der Waals surface area contributed by atoms with Gasteiger partial charge in [-0.2, -0.15) is 0 Å². The molecule has 0 atom stereocenters. The standard InChI is InChI=1S/C7H14N2O/c1-6(9-2-3-10)7-4-8-5-7/h7-8,10H,2-5H2,1H3. The number of hydrogen-bond acceptors (Lipinski definition) is 3. The Balaban J connectivity index is 2.23. The van der Waals surface area contributed by atoms with E-state index in [0.29, 0.717) is 12.5 Å². The molecule has 2 N–H and O–H groups in total. The lowest BCUT2D eigenvalue weighted by atomic mass is 9.98. The van der Waals surface area contributed by atoms with Gasteiger partial charge in [0, 0.05) is 24.7 Å². The largest absolute Gasteiger partial charge is 0.394 e. The number of rotatable bonds is 3. The first-order chi connectivity index (χ1) is 4.84. The Morgan fingerprint density at radius 3 is 2.80 bits per heavy atom. The first kappa shape index (κ1) is 7.69. The highest BCUT2D eigenvalue weighted by atomic mass is 16.3. The number of aliphatic hydroxyl groups is 1. The van der Waals surface area contributed by atoms with E-state index in [9.17, 15) is 0 Å². The smallest absolute Gasteiger partial charge is 0.0626 e. The van der Waals surface area contributed by atoms with Crippen LogP contribution in [0.1, 0.15) is 6.92 Å². The number of aliphatic hydroxyl groups excluding tert-OH is 1. The Labute approximate surface area is 61.2 Å². The summed E-state index contributed by atoms with van der Waals surface area (Å²) in [6.45, 7) is 4.86. The quantitative estimate of drug-likeness (QED) is 0.529. The lowest BCUT2D eigenvalue weighted by molar-refractivity contribution is 0.306. The van der Waals surface area contributed by atoms with Gasteiger partial charge in [-0.3, -0.25) is 4.99 Å². The van der Waals surface area contributed by atoms with Gasteiger partial charge in [-0.05, 0) is 6.92 Å². The van der Waals surface area contributed by atoms with Crippen molar-refractivity contribution in [3.63, 3.8) is 0 Å². The van der Waals surface area contributed by atoms with Crippen molar-refractivity contribution in [2.24, 2.45) is 10.9 Å². The summed E-state index contributed by atoms with van der Waals surface area (Å²) >= 11 is 0. The van der Waals surface area contributed by atoms with E-state index in [4.69, 9.17) is 5.11 Å². The van der Waals surface area contributed by atoms with Gasteiger partial charge in [-0.25, -0.2) is 0 Å². The molecule has 0 saturated carbocycles. The predicted octanol–water partition coefficient (Wildman–Crippen LogP) is -0.341. The van der Waals surface area contributed by atoms with Crippen LogP contribution in [-0.2, 0) is 0 Å². The molecule has 1 aliphatic rings. The maximum absolute atomic E-state index is 8.46. The zero-order chi connectivity index (χ0) is 7.40. The normalized spacial score (nSPS) is 20.8. The van der Waals surface area contributed by atoms with Gasteiger partial charge in [0.1, 0.15) is 0 Å². The van der Waals surface area contributed by atoms with Crippen LogP contribution >= 0.6 is 0 Å². The fourth-order valence-corrected chi connectivity index (χ4v) is 0.940. The minimum absolute atomic E-state index is 0.164. The van der Waals surface area contributed by atoms with Gasteiger partial charge >= 0.3 is 0 Å². The molecule has 0 aliphatic carbocycles. The Morgan fingerprint density at radius 1 is 1.70 bits per heavy atom. The van der Waals surface area contributed by atoms with Crippen molar-refractivity contribution in [1.82, 2.24) is 5.32 Å². The summed E-state index contributed by atoms with van der Waals surface area (Å²) < 4.78 is 0. The third-order valence-electron chi connectivity index (χ3n) is 1.83. The average molecular weight is 142 g/mol. The second-order valence-electron chi connectivity index (χ2n) is 2.60. The molecular formula is C7H14N2O. The summed E-state index contributed by atoms with van der Waals surface area (Å²) in [4.78, 5) is 4.19. The predicted molar refractivity (Wildman–Crippen MR) is 41.4 cm³/mol. The summed E-state index contributed by atoms with van der Waals surface area (Å²) in [5, 5.41) is 11.6. The summed E-state index contributed by atoms with van der Waals surface area (Å²) in [7, 11) is 0. The van der Waals surface area contributed by atoms with Gasteiger partial charge in [0.15, 0.2) is 0 Å². The molecule has 0 aromatic carbocycles. The van der Waals surface area contributed by atoms with Crippen molar-refractivity contribution in [2.45, 2.75) is 6.92 Å². The summed E-state index contributed by atoms with van der Waals surface area (Å²) in [5.41, 5.74) is 1.17. The van der Waals surface area contributed by atoms with Crippen molar-refractivity contribution in [3.8, 4) is 0 Å². The molecule has 0 spiro atoms. The van der Waals surface area contributed by atoms with Crippen LogP contribution in [0.15, 0.2) is 4.99 Å². The minimum Gasteiger partial charge on any atom is -0.394 e. The Kier molecular flexibility index (Phi) is 2.83. The maximum atomic E-state index is 8.46. The molecule has 3 nitrogen and oxygen atoms in total. The Morgan fingerprint density at radius 2 is 2.40 bits per heavy atom. The molecule has 10 heavy (non-hydrogen) atoms. The van der Waals surface area contributed by atoms with E-state index in [2.05, 4.69) is 10.3 Å². The van der Waals surface area contributed by atoms with Crippen molar-refractivity contribution in [1.29, 1.82) is 0 Å². The highest BCUT2D eigenvalue weighted by Crippen LogP contribution is 2.04. The highest BCUT2D eigenvalue weighted by molar-refractivity contribution is 5.85. The van der Waals surface area contributed by atoms with Gasteiger partial charge in [-0.1, -0.05) is 0 Å². The molecule has 1 saturated heterocycles. The summed E-state index contributed by atoms with van der Waals surface area (Å²) in [5.74, 6) is 0.631. The van der Waals surface area contributed by atoms with Crippen molar-refractivity contribution >= 4 is 5.71 Å². The van der Waals surface area contributed by atoms with E-state index < -0.39 is 0 Å². The first-order valence-electron chi connectivity index (χ1n) is 3.67. The van der Waals surface area contributed by atoms with Crippen LogP contribution < -0.4 is 5.32 Å². The molecule has 1 heterocycles. The number of aliphatic imine (C=N–C) groups is 1. The molecule has 1 rings (SSSR count). The molecule has 58 valence electrons. The fourth-order valence-electron chi connectivity index (χ4n) is 0.940. The molecule has 0 unspecified atom stereocenters.